The highest BCUT2D eigenvalue weighted by atomic mass is 127. The molecular formula is C12H9IN2OS2. The Balaban J connectivity index is 2.10. The Kier molecular flexibility index (Phi) is 4.31. The molecule has 0 radical (unpaired) electrons. The lowest BCUT2D eigenvalue weighted by atomic mass is 10.2. The van der Waals surface area contributed by atoms with Gasteiger partial charge in [0.2, 0.25) is 0 Å². The largest absolute Gasteiger partial charge is 0.389 e. The van der Waals surface area contributed by atoms with Crippen LogP contribution in [0.25, 0.3) is 0 Å². The van der Waals surface area contributed by atoms with E-state index in [1.54, 1.807) is 35.6 Å². The van der Waals surface area contributed by atoms with Gasteiger partial charge in [0.05, 0.1) is 8.45 Å². The van der Waals surface area contributed by atoms with Crippen molar-refractivity contribution in [1.29, 1.82) is 0 Å². The van der Waals surface area contributed by atoms with E-state index in [1.165, 1.54) is 0 Å². The number of rotatable bonds is 3. The number of thiophene rings is 1. The molecule has 1 aromatic carbocycles. The van der Waals surface area contributed by atoms with E-state index in [0.717, 1.165) is 14.1 Å². The molecular weight excluding hydrogens is 379 g/mol. The Morgan fingerprint density at radius 1 is 1.28 bits per heavy atom. The van der Waals surface area contributed by atoms with Crippen molar-refractivity contribution in [3.8, 4) is 0 Å². The average molecular weight is 388 g/mol. The van der Waals surface area contributed by atoms with Crippen LogP contribution in [0.5, 0.6) is 0 Å². The minimum absolute atomic E-state index is 0.114. The minimum atomic E-state index is -0.114. The lowest BCUT2D eigenvalue weighted by molar-refractivity contribution is 0.102. The summed E-state index contributed by atoms with van der Waals surface area (Å²) in [6.45, 7) is 0. The van der Waals surface area contributed by atoms with Gasteiger partial charge in [-0.05, 0) is 52.9 Å². The van der Waals surface area contributed by atoms with Crippen LogP contribution in [0.4, 0.5) is 5.69 Å². The maximum absolute atomic E-state index is 11.9. The van der Waals surface area contributed by atoms with Crippen molar-refractivity contribution in [3.05, 3.63) is 49.7 Å². The monoisotopic (exact) mass is 388 g/mol. The zero-order valence-corrected chi connectivity index (χ0v) is 12.9. The summed E-state index contributed by atoms with van der Waals surface area (Å²) in [5.74, 6) is -0.114. The molecule has 18 heavy (non-hydrogen) atoms. The molecule has 0 bridgehead atoms. The lowest BCUT2D eigenvalue weighted by Gasteiger charge is -2.04. The molecule has 1 amide bonds. The minimum Gasteiger partial charge on any atom is -0.389 e. The Labute approximate surface area is 128 Å². The third-order valence-electron chi connectivity index (χ3n) is 2.26. The van der Waals surface area contributed by atoms with Gasteiger partial charge in [-0.25, -0.2) is 0 Å². The molecule has 3 nitrogen and oxygen atoms in total. The van der Waals surface area contributed by atoms with E-state index in [9.17, 15) is 4.79 Å². The van der Waals surface area contributed by atoms with Gasteiger partial charge in [0.15, 0.2) is 0 Å². The predicted molar refractivity (Wildman–Crippen MR) is 87.3 cm³/mol. The van der Waals surface area contributed by atoms with Crippen LogP contribution >= 0.6 is 46.1 Å². The van der Waals surface area contributed by atoms with Crippen LogP contribution in [0.15, 0.2) is 35.7 Å². The highest BCUT2D eigenvalue weighted by Crippen LogP contribution is 2.18. The zero-order chi connectivity index (χ0) is 13.1. The molecule has 0 aliphatic carbocycles. The summed E-state index contributed by atoms with van der Waals surface area (Å²) in [6.07, 6.45) is 0. The molecule has 0 atom stereocenters. The van der Waals surface area contributed by atoms with Crippen molar-refractivity contribution in [2.24, 2.45) is 5.73 Å². The number of thiocarbonyl (C=S) groups is 1. The van der Waals surface area contributed by atoms with E-state index in [2.05, 4.69) is 27.9 Å². The standard InChI is InChI=1S/C12H9IN2OS2/c13-10-5-8(6-18-10)12(16)15-9-3-1-7(2-4-9)11(14)17/h1-6H,(H2,14,17)(H,15,16). The highest BCUT2D eigenvalue weighted by Gasteiger charge is 2.08. The summed E-state index contributed by atoms with van der Waals surface area (Å²) in [4.78, 5) is 12.2. The molecule has 1 heterocycles. The summed E-state index contributed by atoms with van der Waals surface area (Å²) in [5.41, 5.74) is 7.68. The van der Waals surface area contributed by atoms with Crippen LogP contribution in [-0.2, 0) is 0 Å². The predicted octanol–water partition coefficient (Wildman–Crippen LogP) is 3.24. The maximum Gasteiger partial charge on any atom is 0.256 e. The van der Waals surface area contributed by atoms with Gasteiger partial charge in [-0.3, -0.25) is 4.79 Å². The van der Waals surface area contributed by atoms with Crippen LogP contribution in [0, 0.1) is 2.88 Å². The third kappa shape index (κ3) is 3.27. The van der Waals surface area contributed by atoms with Crippen LogP contribution in [0.3, 0.4) is 0 Å². The van der Waals surface area contributed by atoms with Crippen LogP contribution < -0.4 is 11.1 Å². The zero-order valence-electron chi connectivity index (χ0n) is 9.14. The maximum atomic E-state index is 11.9. The van der Waals surface area contributed by atoms with E-state index in [1.807, 2.05) is 11.4 Å². The van der Waals surface area contributed by atoms with Crippen molar-refractivity contribution in [3.63, 3.8) is 0 Å². The van der Waals surface area contributed by atoms with Gasteiger partial charge in [0, 0.05) is 16.6 Å². The van der Waals surface area contributed by atoms with Gasteiger partial charge in [-0.1, -0.05) is 12.2 Å². The molecule has 0 unspecified atom stereocenters. The number of halogens is 1. The Bertz CT molecular complexity index is 592. The number of amides is 1. The number of hydrogen-bond acceptors (Lipinski definition) is 3. The fourth-order valence-corrected chi connectivity index (χ4v) is 2.81. The molecule has 2 rings (SSSR count). The van der Waals surface area contributed by atoms with Crippen molar-refractivity contribution >= 4 is 62.7 Å². The third-order valence-corrected chi connectivity index (χ3v) is 4.28. The number of carbonyl (C=O) groups is 1. The fourth-order valence-electron chi connectivity index (χ4n) is 1.35. The smallest absolute Gasteiger partial charge is 0.256 e. The van der Waals surface area contributed by atoms with Crippen LogP contribution in [0.1, 0.15) is 15.9 Å². The number of carbonyl (C=O) groups excluding carboxylic acids is 1. The molecule has 2 aromatic rings. The van der Waals surface area contributed by atoms with Gasteiger partial charge in [-0.2, -0.15) is 0 Å². The highest BCUT2D eigenvalue weighted by molar-refractivity contribution is 14.1. The summed E-state index contributed by atoms with van der Waals surface area (Å²) in [7, 11) is 0. The second-order valence-corrected chi connectivity index (χ2v) is 6.78. The van der Waals surface area contributed by atoms with Gasteiger partial charge in [0.1, 0.15) is 4.99 Å². The van der Waals surface area contributed by atoms with E-state index in [4.69, 9.17) is 18.0 Å². The van der Waals surface area contributed by atoms with E-state index >= 15 is 0 Å². The summed E-state index contributed by atoms with van der Waals surface area (Å²) < 4.78 is 1.08. The Morgan fingerprint density at radius 2 is 1.94 bits per heavy atom. The molecule has 1 aromatic heterocycles. The SMILES string of the molecule is NC(=S)c1ccc(NC(=O)c2csc(I)c2)cc1. The first kappa shape index (κ1) is 13.4. The van der Waals surface area contributed by atoms with E-state index in [0.29, 0.717) is 10.6 Å². The van der Waals surface area contributed by atoms with E-state index < -0.39 is 0 Å². The van der Waals surface area contributed by atoms with Crippen molar-refractivity contribution in [1.82, 2.24) is 0 Å². The number of anilines is 1. The first-order chi connectivity index (χ1) is 8.56. The second-order valence-electron chi connectivity index (χ2n) is 3.54. The summed E-state index contributed by atoms with van der Waals surface area (Å²) in [6, 6.07) is 8.99. The van der Waals surface area contributed by atoms with Crippen molar-refractivity contribution in [2.45, 2.75) is 0 Å². The van der Waals surface area contributed by atoms with Gasteiger partial charge < -0.3 is 11.1 Å². The number of benzene rings is 1. The molecule has 0 aliphatic rings. The van der Waals surface area contributed by atoms with Crippen molar-refractivity contribution in [2.75, 3.05) is 5.32 Å². The normalized spacial score (nSPS) is 10.1. The van der Waals surface area contributed by atoms with E-state index in [-0.39, 0.29) is 5.91 Å². The fraction of sp³-hybridized carbons (Fsp3) is 0. The van der Waals surface area contributed by atoms with Gasteiger partial charge in [-0.15, -0.1) is 11.3 Å². The molecule has 3 N–H and O–H groups in total. The summed E-state index contributed by atoms with van der Waals surface area (Å²) in [5, 5.41) is 4.65. The number of nitrogens with two attached hydrogens (primary N) is 1. The van der Waals surface area contributed by atoms with Crippen molar-refractivity contribution < 1.29 is 4.79 Å². The molecule has 0 aliphatic heterocycles. The molecule has 0 saturated heterocycles. The lowest BCUT2D eigenvalue weighted by Crippen LogP contribution is -2.12. The molecule has 92 valence electrons. The van der Waals surface area contributed by atoms with Gasteiger partial charge >= 0.3 is 0 Å². The first-order valence-electron chi connectivity index (χ1n) is 5.01. The Morgan fingerprint density at radius 3 is 2.44 bits per heavy atom. The molecule has 0 spiro atoms. The van der Waals surface area contributed by atoms with Crippen LogP contribution in [0.2, 0.25) is 0 Å². The number of hydrogen-bond donors (Lipinski definition) is 2. The van der Waals surface area contributed by atoms with Crippen LogP contribution in [-0.4, -0.2) is 10.9 Å². The number of nitrogens with one attached hydrogen (secondary N) is 1. The summed E-state index contributed by atoms with van der Waals surface area (Å²) >= 11 is 8.59. The molecule has 6 heteroatoms. The molecule has 0 fully saturated rings. The Hall–Kier alpha value is -0.990. The molecule has 0 saturated carbocycles. The topological polar surface area (TPSA) is 55.1 Å². The first-order valence-corrected chi connectivity index (χ1v) is 7.38. The quantitative estimate of drug-likeness (QED) is 0.627. The second kappa shape index (κ2) is 5.77. The average Bonchev–Trinajstić information content (AvgIpc) is 2.76. The van der Waals surface area contributed by atoms with Gasteiger partial charge in [0.25, 0.3) is 5.91 Å².